The van der Waals surface area contributed by atoms with Crippen molar-refractivity contribution in [2.24, 2.45) is 0 Å². The number of carbonyl (C=O) groups excluding carboxylic acids is 1. The Morgan fingerprint density at radius 3 is 2.61 bits per heavy atom. The number of halogens is 1. The number of hydrogen-bond acceptors (Lipinski definition) is 8. The van der Waals surface area contributed by atoms with Gasteiger partial charge in [0.2, 0.25) is 5.88 Å². The molecule has 4 atom stereocenters. The van der Waals surface area contributed by atoms with Crippen molar-refractivity contribution in [3.05, 3.63) is 11.9 Å². The van der Waals surface area contributed by atoms with Crippen LogP contribution in [0.5, 0.6) is 5.88 Å². The van der Waals surface area contributed by atoms with Gasteiger partial charge in [-0.3, -0.25) is 4.90 Å². The normalized spacial score (nSPS) is 29.1. The number of ether oxygens (including phenoxy) is 2. The number of alkyl halides is 1. The highest BCUT2D eigenvalue weighted by molar-refractivity contribution is 7.91. The SMILES string of the molecule is CCC1N(C(=O)OC2(C)CC2)CCN1c1ncnc(OC2CCC(S(C)(=O)=O)CC2F)c1C. The van der Waals surface area contributed by atoms with Gasteiger partial charge in [0.15, 0.2) is 0 Å². The lowest BCUT2D eigenvalue weighted by Gasteiger charge is -2.32. The molecule has 11 heteroatoms. The summed E-state index contributed by atoms with van der Waals surface area (Å²) in [7, 11) is -3.28. The molecule has 1 aromatic rings. The summed E-state index contributed by atoms with van der Waals surface area (Å²) in [5, 5.41) is -0.673. The van der Waals surface area contributed by atoms with Crippen molar-refractivity contribution in [1.29, 1.82) is 0 Å². The lowest BCUT2D eigenvalue weighted by molar-refractivity contribution is 0.0551. The van der Waals surface area contributed by atoms with Crippen LogP contribution in [0.4, 0.5) is 15.0 Å². The van der Waals surface area contributed by atoms with E-state index in [0.29, 0.717) is 43.7 Å². The van der Waals surface area contributed by atoms with E-state index in [1.165, 1.54) is 6.33 Å². The molecule has 1 aromatic heterocycles. The molecule has 33 heavy (non-hydrogen) atoms. The fourth-order valence-corrected chi connectivity index (χ4v) is 5.78. The zero-order valence-corrected chi connectivity index (χ0v) is 20.5. The van der Waals surface area contributed by atoms with E-state index >= 15 is 0 Å². The molecule has 0 aromatic carbocycles. The number of nitrogens with zero attached hydrogens (tertiary/aromatic N) is 4. The van der Waals surface area contributed by atoms with E-state index in [-0.39, 0.29) is 30.2 Å². The van der Waals surface area contributed by atoms with E-state index in [1.54, 1.807) is 4.90 Å². The van der Waals surface area contributed by atoms with Crippen LogP contribution in [-0.4, -0.2) is 78.0 Å². The van der Waals surface area contributed by atoms with E-state index in [9.17, 15) is 17.6 Å². The molecular formula is C22H33FN4O5S. The molecule has 2 saturated carbocycles. The predicted octanol–water partition coefficient (Wildman–Crippen LogP) is 3.01. The minimum atomic E-state index is -3.28. The van der Waals surface area contributed by atoms with Gasteiger partial charge < -0.3 is 14.4 Å². The maximum atomic E-state index is 14.7. The number of rotatable bonds is 6. The Bertz CT molecular complexity index is 1000. The number of aromatic nitrogens is 2. The van der Waals surface area contributed by atoms with E-state index in [1.807, 2.05) is 25.7 Å². The molecule has 2 aliphatic carbocycles. The van der Waals surface area contributed by atoms with Crippen molar-refractivity contribution in [2.75, 3.05) is 24.2 Å². The van der Waals surface area contributed by atoms with Gasteiger partial charge >= 0.3 is 6.09 Å². The average Bonchev–Trinajstić information content (AvgIpc) is 3.31. The smallest absolute Gasteiger partial charge is 0.412 e. The maximum Gasteiger partial charge on any atom is 0.412 e. The summed E-state index contributed by atoms with van der Waals surface area (Å²) in [6.07, 6.45) is 2.93. The second-order valence-electron chi connectivity index (χ2n) is 9.66. The highest BCUT2D eigenvalue weighted by Crippen LogP contribution is 2.40. The van der Waals surface area contributed by atoms with E-state index in [4.69, 9.17) is 9.47 Å². The van der Waals surface area contributed by atoms with E-state index < -0.39 is 27.4 Å². The van der Waals surface area contributed by atoms with Crippen molar-refractivity contribution in [1.82, 2.24) is 14.9 Å². The lowest BCUT2D eigenvalue weighted by atomic mass is 9.95. The second kappa shape index (κ2) is 8.88. The lowest BCUT2D eigenvalue weighted by Crippen LogP contribution is -2.43. The molecule has 2 heterocycles. The topological polar surface area (TPSA) is 102 Å². The molecule has 184 valence electrons. The Morgan fingerprint density at radius 2 is 2.00 bits per heavy atom. The van der Waals surface area contributed by atoms with Gasteiger partial charge in [-0.15, -0.1) is 0 Å². The standard InChI is InChI=1S/C22H33FN4O5S/c1-5-18-26(10-11-27(18)21(28)32-22(3)8-9-22)19-14(2)20(25-13-24-19)31-17-7-6-15(12-16(17)23)33(4,29)30/h13,15-18H,5-12H2,1-4H3. The molecule has 0 spiro atoms. The molecule has 9 nitrogen and oxygen atoms in total. The highest BCUT2D eigenvalue weighted by atomic mass is 32.2. The molecule has 3 aliphatic rings. The van der Waals surface area contributed by atoms with Crippen LogP contribution in [0, 0.1) is 6.92 Å². The number of sulfone groups is 1. The molecule has 1 aliphatic heterocycles. The van der Waals surface area contributed by atoms with Crippen LogP contribution in [0.1, 0.15) is 57.9 Å². The molecule has 0 bridgehead atoms. The molecule has 0 N–H and O–H groups in total. The van der Waals surface area contributed by atoms with Crippen LogP contribution in [0.2, 0.25) is 0 Å². The summed E-state index contributed by atoms with van der Waals surface area (Å²) in [5.41, 5.74) is 0.325. The van der Waals surface area contributed by atoms with Crippen molar-refractivity contribution < 1.29 is 27.1 Å². The first kappa shape index (κ1) is 24.0. The largest absolute Gasteiger partial charge is 0.471 e. The van der Waals surface area contributed by atoms with E-state index in [2.05, 4.69) is 9.97 Å². The Kier molecular flexibility index (Phi) is 6.45. The van der Waals surface area contributed by atoms with Crippen LogP contribution in [0.25, 0.3) is 0 Å². The third-order valence-corrected chi connectivity index (χ3v) is 8.64. The summed E-state index contributed by atoms with van der Waals surface area (Å²) >= 11 is 0. The Labute approximate surface area is 194 Å². The van der Waals surface area contributed by atoms with Gasteiger partial charge in [-0.1, -0.05) is 6.92 Å². The summed E-state index contributed by atoms with van der Waals surface area (Å²) in [6, 6.07) is 0. The van der Waals surface area contributed by atoms with Crippen molar-refractivity contribution in [3.8, 4) is 5.88 Å². The zero-order valence-electron chi connectivity index (χ0n) is 19.7. The first-order chi connectivity index (χ1) is 15.5. The zero-order chi connectivity index (χ0) is 24.0. The number of carbonyl (C=O) groups is 1. The van der Waals surface area contributed by atoms with Gasteiger partial charge in [-0.05, 0) is 52.4 Å². The van der Waals surface area contributed by atoms with Crippen molar-refractivity contribution in [2.45, 2.75) is 88.6 Å². The molecule has 3 fully saturated rings. The molecular weight excluding hydrogens is 451 g/mol. The maximum absolute atomic E-state index is 14.7. The number of amides is 1. The minimum absolute atomic E-state index is 0.0689. The summed E-state index contributed by atoms with van der Waals surface area (Å²) in [6.45, 7) is 6.88. The van der Waals surface area contributed by atoms with Gasteiger partial charge in [0.1, 0.15) is 46.0 Å². The van der Waals surface area contributed by atoms with Crippen LogP contribution in [0.3, 0.4) is 0 Å². The Hall–Kier alpha value is -2.17. The number of hydrogen-bond donors (Lipinski definition) is 0. The van der Waals surface area contributed by atoms with Crippen LogP contribution in [-0.2, 0) is 14.6 Å². The first-order valence-electron chi connectivity index (χ1n) is 11.6. The fraction of sp³-hybridized carbons (Fsp3) is 0.773. The Morgan fingerprint density at radius 1 is 1.27 bits per heavy atom. The quantitative estimate of drug-likeness (QED) is 0.607. The van der Waals surface area contributed by atoms with Crippen LogP contribution >= 0.6 is 0 Å². The van der Waals surface area contributed by atoms with Gasteiger partial charge in [0.25, 0.3) is 0 Å². The molecule has 1 saturated heterocycles. The van der Waals surface area contributed by atoms with Crippen molar-refractivity contribution >= 4 is 21.7 Å². The van der Waals surface area contributed by atoms with Gasteiger partial charge in [-0.25, -0.2) is 27.6 Å². The molecule has 1 amide bonds. The van der Waals surface area contributed by atoms with Crippen molar-refractivity contribution in [3.63, 3.8) is 0 Å². The van der Waals surface area contributed by atoms with Gasteiger partial charge in [0, 0.05) is 19.3 Å². The highest BCUT2D eigenvalue weighted by Gasteiger charge is 2.45. The van der Waals surface area contributed by atoms with Crippen LogP contribution in [0.15, 0.2) is 6.33 Å². The predicted molar refractivity (Wildman–Crippen MR) is 121 cm³/mol. The van der Waals surface area contributed by atoms with E-state index in [0.717, 1.165) is 19.1 Å². The second-order valence-corrected chi connectivity index (χ2v) is 12.0. The number of anilines is 1. The fourth-order valence-electron chi connectivity index (χ4n) is 4.68. The van der Waals surface area contributed by atoms with Crippen LogP contribution < -0.4 is 9.64 Å². The third kappa shape index (κ3) is 5.02. The van der Waals surface area contributed by atoms with Gasteiger partial charge in [0.05, 0.1) is 10.8 Å². The average molecular weight is 485 g/mol. The summed E-state index contributed by atoms with van der Waals surface area (Å²) in [4.78, 5) is 25.2. The minimum Gasteiger partial charge on any atom is -0.471 e. The summed E-state index contributed by atoms with van der Waals surface area (Å²) < 4.78 is 49.9. The molecule has 0 radical (unpaired) electrons. The molecule has 4 unspecified atom stereocenters. The monoisotopic (exact) mass is 484 g/mol. The van der Waals surface area contributed by atoms with Gasteiger partial charge in [-0.2, -0.15) is 0 Å². The molecule has 4 rings (SSSR count). The summed E-state index contributed by atoms with van der Waals surface area (Å²) in [5.74, 6) is 0.923. The third-order valence-electron chi connectivity index (χ3n) is 7.01. The Balaban J connectivity index is 1.47. The first-order valence-corrected chi connectivity index (χ1v) is 13.6.